The summed E-state index contributed by atoms with van der Waals surface area (Å²) in [5.74, 6) is -8.01. The molecule has 24 heavy (non-hydrogen) atoms. The second kappa shape index (κ2) is 7.25. The molecule has 0 aliphatic carbocycles. The van der Waals surface area contributed by atoms with Crippen molar-refractivity contribution in [2.45, 2.75) is 19.0 Å². The predicted molar refractivity (Wildman–Crippen MR) is 88.4 cm³/mol. The van der Waals surface area contributed by atoms with E-state index in [2.05, 4.69) is 22.6 Å². The summed E-state index contributed by atoms with van der Waals surface area (Å²) in [5.41, 5.74) is 0.693. The molecule has 0 bridgehead atoms. The molecule has 126 valence electrons. The zero-order valence-corrected chi connectivity index (χ0v) is 14.6. The van der Waals surface area contributed by atoms with E-state index in [0.29, 0.717) is 0 Å². The topological polar surface area (TPSA) is 66.4 Å². The summed E-state index contributed by atoms with van der Waals surface area (Å²) in [7, 11) is 0. The number of carbonyl (C=O) groups is 2. The average molecular weight is 445 g/mol. The van der Waals surface area contributed by atoms with Gasteiger partial charge in [0.15, 0.2) is 6.10 Å². The zero-order valence-electron chi connectivity index (χ0n) is 12.5. The molecular formula is C17H12F2IO4-. The van der Waals surface area contributed by atoms with E-state index in [0.717, 1.165) is 9.13 Å². The number of alkyl halides is 2. The third-order valence-electron chi connectivity index (χ3n) is 3.32. The number of rotatable bonds is 5. The maximum Gasteiger partial charge on any atom is 0.338 e. The number of hydrogen-bond donors (Lipinski definition) is 0. The first-order valence-corrected chi connectivity index (χ1v) is 7.92. The molecule has 0 heterocycles. The molecule has 0 aliphatic rings. The highest BCUT2D eigenvalue weighted by atomic mass is 127. The maximum atomic E-state index is 14.0. The number of aryl methyl sites for hydroxylation is 1. The van der Waals surface area contributed by atoms with E-state index in [1.807, 2.05) is 0 Å². The monoisotopic (exact) mass is 445 g/mol. The van der Waals surface area contributed by atoms with E-state index in [1.54, 1.807) is 19.1 Å². The molecular weight excluding hydrogens is 433 g/mol. The van der Waals surface area contributed by atoms with Crippen molar-refractivity contribution in [1.29, 1.82) is 0 Å². The van der Waals surface area contributed by atoms with Crippen LogP contribution in [-0.4, -0.2) is 17.9 Å². The van der Waals surface area contributed by atoms with Crippen LogP contribution in [0.4, 0.5) is 8.78 Å². The van der Waals surface area contributed by atoms with E-state index >= 15 is 0 Å². The van der Waals surface area contributed by atoms with Gasteiger partial charge in [-0.1, -0.05) is 30.3 Å². The number of aliphatic carboxylic acids is 1. The summed E-state index contributed by atoms with van der Waals surface area (Å²) < 4.78 is 33.7. The normalized spacial score (nSPS) is 12.5. The van der Waals surface area contributed by atoms with Crippen LogP contribution in [0.15, 0.2) is 48.5 Å². The van der Waals surface area contributed by atoms with Crippen LogP contribution in [0.3, 0.4) is 0 Å². The SMILES string of the molecule is Cc1cc(C(=O)OC(c2ccccc2)C(F)(F)C(=O)[O-])ccc1I. The lowest BCUT2D eigenvalue weighted by molar-refractivity contribution is -0.336. The Balaban J connectivity index is 2.36. The molecule has 0 amide bonds. The Morgan fingerprint density at radius 1 is 1.17 bits per heavy atom. The van der Waals surface area contributed by atoms with Gasteiger partial charge in [-0.3, -0.25) is 0 Å². The lowest BCUT2D eigenvalue weighted by atomic mass is 10.0. The van der Waals surface area contributed by atoms with Crippen molar-refractivity contribution >= 4 is 34.5 Å². The highest BCUT2D eigenvalue weighted by Gasteiger charge is 2.45. The second-order valence-corrected chi connectivity index (χ2v) is 6.23. The minimum atomic E-state index is -4.37. The van der Waals surface area contributed by atoms with Crippen molar-refractivity contribution in [2.24, 2.45) is 0 Å². The molecule has 1 unspecified atom stereocenters. The van der Waals surface area contributed by atoms with Gasteiger partial charge in [0.1, 0.15) is 5.97 Å². The summed E-state index contributed by atoms with van der Waals surface area (Å²) in [6, 6.07) is 11.5. The van der Waals surface area contributed by atoms with Gasteiger partial charge in [0.05, 0.1) is 5.56 Å². The van der Waals surface area contributed by atoms with Gasteiger partial charge in [-0.05, 0) is 58.8 Å². The molecule has 0 N–H and O–H groups in total. The summed E-state index contributed by atoms with van der Waals surface area (Å²) in [6.07, 6.45) is -2.28. The van der Waals surface area contributed by atoms with Crippen molar-refractivity contribution < 1.29 is 28.2 Å². The Hall–Kier alpha value is -2.03. The number of hydrogen-bond acceptors (Lipinski definition) is 4. The van der Waals surface area contributed by atoms with Gasteiger partial charge in [0, 0.05) is 3.57 Å². The number of carboxylic acid groups (broad SMARTS) is 1. The molecule has 2 aromatic rings. The molecule has 7 heteroatoms. The molecule has 0 aliphatic heterocycles. The fourth-order valence-electron chi connectivity index (χ4n) is 2.03. The second-order valence-electron chi connectivity index (χ2n) is 5.07. The largest absolute Gasteiger partial charge is 0.544 e. The molecule has 1 atom stereocenters. The van der Waals surface area contributed by atoms with E-state index in [-0.39, 0.29) is 11.1 Å². The molecule has 2 aromatic carbocycles. The van der Waals surface area contributed by atoms with Crippen molar-refractivity contribution in [3.05, 3.63) is 68.8 Å². The third kappa shape index (κ3) is 3.89. The number of esters is 1. The number of carboxylic acids is 1. The average Bonchev–Trinajstić information content (AvgIpc) is 2.55. The van der Waals surface area contributed by atoms with Gasteiger partial charge in [0.25, 0.3) is 0 Å². The highest BCUT2D eigenvalue weighted by molar-refractivity contribution is 14.1. The number of halogens is 3. The first-order chi connectivity index (χ1) is 11.2. The highest BCUT2D eigenvalue weighted by Crippen LogP contribution is 2.35. The van der Waals surface area contributed by atoms with Gasteiger partial charge >= 0.3 is 11.9 Å². The first kappa shape index (κ1) is 18.3. The summed E-state index contributed by atoms with van der Waals surface area (Å²) >= 11 is 2.06. The zero-order chi connectivity index (χ0) is 17.9. The van der Waals surface area contributed by atoms with Crippen LogP contribution in [-0.2, 0) is 9.53 Å². The molecule has 0 fully saturated rings. The van der Waals surface area contributed by atoms with E-state index in [9.17, 15) is 23.5 Å². The van der Waals surface area contributed by atoms with Crippen LogP contribution in [0.5, 0.6) is 0 Å². The van der Waals surface area contributed by atoms with Gasteiger partial charge in [-0.15, -0.1) is 0 Å². The van der Waals surface area contributed by atoms with Crippen molar-refractivity contribution in [1.82, 2.24) is 0 Å². The predicted octanol–water partition coefficient (Wildman–Crippen LogP) is 2.88. The third-order valence-corrected chi connectivity index (χ3v) is 4.53. The molecule has 0 radical (unpaired) electrons. The van der Waals surface area contributed by atoms with Gasteiger partial charge in [-0.25, -0.2) is 4.79 Å². The minimum Gasteiger partial charge on any atom is -0.544 e. The molecule has 0 aromatic heterocycles. The van der Waals surface area contributed by atoms with Gasteiger partial charge < -0.3 is 14.6 Å². The fourth-order valence-corrected chi connectivity index (χ4v) is 2.37. The quantitative estimate of drug-likeness (QED) is 0.525. The summed E-state index contributed by atoms with van der Waals surface area (Å²) in [6.45, 7) is 1.75. The molecule has 4 nitrogen and oxygen atoms in total. The minimum absolute atomic E-state index is 0.0583. The van der Waals surface area contributed by atoms with E-state index < -0.39 is 24.0 Å². The fraction of sp³-hybridized carbons (Fsp3) is 0.176. The van der Waals surface area contributed by atoms with Crippen molar-refractivity contribution in [3.63, 3.8) is 0 Å². The van der Waals surface area contributed by atoms with Crippen LogP contribution in [0.2, 0.25) is 0 Å². The Bertz CT molecular complexity index is 762. The van der Waals surface area contributed by atoms with Gasteiger partial charge in [0.2, 0.25) is 0 Å². The van der Waals surface area contributed by atoms with E-state index in [4.69, 9.17) is 4.74 Å². The Morgan fingerprint density at radius 3 is 2.33 bits per heavy atom. The molecule has 0 spiro atoms. The number of carbonyl (C=O) groups excluding carboxylic acids is 2. The number of benzene rings is 2. The van der Waals surface area contributed by atoms with Crippen LogP contribution in [0.25, 0.3) is 0 Å². The standard InChI is InChI=1S/C17H13F2IO4/c1-10-9-12(7-8-13(10)20)15(21)24-14(17(18,19)16(22)23)11-5-3-2-4-6-11/h2-9,14H,1H3,(H,22,23)/p-1. The van der Waals surface area contributed by atoms with Crippen molar-refractivity contribution in [2.75, 3.05) is 0 Å². The van der Waals surface area contributed by atoms with Crippen LogP contribution < -0.4 is 5.11 Å². The van der Waals surface area contributed by atoms with Crippen LogP contribution >= 0.6 is 22.6 Å². The molecule has 0 saturated heterocycles. The number of ether oxygens (including phenoxy) is 1. The van der Waals surface area contributed by atoms with Crippen molar-refractivity contribution in [3.8, 4) is 0 Å². The molecule has 2 rings (SSSR count). The Kier molecular flexibility index (Phi) is 5.53. The lowest BCUT2D eigenvalue weighted by Gasteiger charge is -2.27. The lowest BCUT2D eigenvalue weighted by Crippen LogP contribution is -2.47. The summed E-state index contributed by atoms with van der Waals surface area (Å²) in [4.78, 5) is 23.0. The smallest absolute Gasteiger partial charge is 0.338 e. The summed E-state index contributed by atoms with van der Waals surface area (Å²) in [5, 5.41) is 10.8. The van der Waals surface area contributed by atoms with Crippen LogP contribution in [0.1, 0.15) is 27.6 Å². The van der Waals surface area contributed by atoms with E-state index in [1.165, 1.54) is 36.4 Å². The maximum absolute atomic E-state index is 14.0. The Morgan fingerprint density at radius 2 is 1.79 bits per heavy atom. The molecule has 0 saturated carbocycles. The Labute approximate surface area is 150 Å². The van der Waals surface area contributed by atoms with Crippen LogP contribution in [0, 0.1) is 10.5 Å². The first-order valence-electron chi connectivity index (χ1n) is 6.85. The van der Waals surface area contributed by atoms with Gasteiger partial charge in [-0.2, -0.15) is 8.78 Å².